The van der Waals surface area contributed by atoms with Crippen LogP contribution in [0.15, 0.2) is 29.2 Å². The predicted molar refractivity (Wildman–Crippen MR) is 115 cm³/mol. The largest absolute Gasteiger partial charge is 0.279 e. The first-order valence-corrected chi connectivity index (χ1v) is 11.8. The fraction of sp³-hybridized carbons (Fsp3) is 0.368. The zero-order valence-corrected chi connectivity index (χ0v) is 19.1. The van der Waals surface area contributed by atoms with Crippen LogP contribution in [0.1, 0.15) is 51.2 Å². The van der Waals surface area contributed by atoms with Gasteiger partial charge in [-0.25, -0.2) is 8.42 Å². The number of sulfonamides is 1. The lowest BCUT2D eigenvalue weighted by molar-refractivity contribution is 0.0849. The number of aryl methyl sites for hydroxylation is 2. The highest BCUT2D eigenvalue weighted by Crippen LogP contribution is 2.24. The van der Waals surface area contributed by atoms with Gasteiger partial charge in [-0.3, -0.25) is 20.4 Å². The van der Waals surface area contributed by atoms with Crippen molar-refractivity contribution in [2.45, 2.75) is 39.0 Å². The topological polar surface area (TPSA) is 95.6 Å². The van der Waals surface area contributed by atoms with Crippen molar-refractivity contribution in [2.24, 2.45) is 0 Å². The summed E-state index contributed by atoms with van der Waals surface area (Å²) >= 11 is 7.44. The van der Waals surface area contributed by atoms with Crippen LogP contribution in [-0.2, 0) is 16.4 Å². The Hall–Kier alpha value is -1.94. The molecule has 0 aliphatic carbocycles. The number of hydrazine groups is 1. The van der Waals surface area contributed by atoms with E-state index in [9.17, 15) is 18.0 Å². The molecule has 0 saturated carbocycles. The highest BCUT2D eigenvalue weighted by Gasteiger charge is 2.24. The lowest BCUT2D eigenvalue weighted by Crippen LogP contribution is -2.41. The predicted octanol–water partition coefficient (Wildman–Crippen LogP) is 3.38. The molecule has 0 atom stereocenters. The van der Waals surface area contributed by atoms with Crippen molar-refractivity contribution in [1.29, 1.82) is 0 Å². The van der Waals surface area contributed by atoms with E-state index in [2.05, 4.69) is 10.9 Å². The summed E-state index contributed by atoms with van der Waals surface area (Å²) in [6, 6.07) is 5.67. The van der Waals surface area contributed by atoms with Crippen molar-refractivity contribution in [3.8, 4) is 0 Å². The Labute approximate surface area is 180 Å². The fourth-order valence-corrected chi connectivity index (χ4v) is 5.47. The van der Waals surface area contributed by atoms with Gasteiger partial charge >= 0.3 is 0 Å². The summed E-state index contributed by atoms with van der Waals surface area (Å²) in [5.41, 5.74) is 5.62. The average Bonchev–Trinajstić information content (AvgIpc) is 3.07. The Morgan fingerprint density at radius 2 is 1.69 bits per heavy atom. The van der Waals surface area contributed by atoms with Crippen molar-refractivity contribution >= 4 is 44.8 Å². The van der Waals surface area contributed by atoms with E-state index in [0.717, 1.165) is 16.9 Å². The molecule has 0 fully saturated rings. The molecule has 7 nitrogen and oxygen atoms in total. The second-order valence-corrected chi connectivity index (χ2v) is 9.69. The highest BCUT2D eigenvalue weighted by atomic mass is 35.5. The maximum Gasteiger partial charge on any atom is 0.279 e. The average molecular weight is 458 g/mol. The Morgan fingerprint density at radius 1 is 1.07 bits per heavy atom. The zero-order chi connectivity index (χ0) is 21.8. The van der Waals surface area contributed by atoms with Gasteiger partial charge in [-0.2, -0.15) is 4.31 Å². The van der Waals surface area contributed by atoms with Gasteiger partial charge in [0.1, 0.15) is 0 Å². The quantitative estimate of drug-likeness (QED) is 0.623. The van der Waals surface area contributed by atoms with Crippen LogP contribution in [0.5, 0.6) is 0 Å². The molecule has 0 saturated heterocycles. The summed E-state index contributed by atoms with van der Waals surface area (Å²) in [4.78, 5) is 26.3. The molecule has 158 valence electrons. The Morgan fingerprint density at radius 3 is 2.24 bits per heavy atom. The van der Waals surface area contributed by atoms with Crippen LogP contribution in [0.4, 0.5) is 0 Å². The smallest absolute Gasteiger partial charge is 0.267 e. The molecule has 0 spiro atoms. The van der Waals surface area contributed by atoms with E-state index in [-0.39, 0.29) is 15.5 Å². The maximum atomic E-state index is 12.7. The Bertz CT molecular complexity index is 1010. The molecule has 0 aliphatic rings. The normalized spacial score (nSPS) is 11.5. The Balaban J connectivity index is 2.19. The minimum Gasteiger partial charge on any atom is -0.267 e. The molecule has 29 heavy (non-hydrogen) atoms. The van der Waals surface area contributed by atoms with Crippen LogP contribution in [0.2, 0.25) is 5.02 Å². The minimum atomic E-state index is -3.74. The second kappa shape index (κ2) is 9.71. The molecular weight excluding hydrogens is 434 g/mol. The third kappa shape index (κ3) is 5.16. The number of carbonyl (C=O) groups excluding carboxylic acids is 2. The van der Waals surface area contributed by atoms with Gasteiger partial charge in [0.2, 0.25) is 10.0 Å². The summed E-state index contributed by atoms with van der Waals surface area (Å²) in [6.45, 7) is 8.00. The number of rotatable bonds is 7. The number of carbonyl (C=O) groups is 2. The molecule has 1 heterocycles. The molecule has 1 aromatic carbocycles. The van der Waals surface area contributed by atoms with Gasteiger partial charge in [0.05, 0.1) is 20.4 Å². The van der Waals surface area contributed by atoms with Gasteiger partial charge in [0, 0.05) is 18.0 Å². The molecule has 1 aromatic heterocycles. The summed E-state index contributed by atoms with van der Waals surface area (Å²) in [7, 11) is -3.74. The van der Waals surface area contributed by atoms with Crippen molar-refractivity contribution in [3.05, 3.63) is 50.2 Å². The number of nitrogens with one attached hydrogen (secondary N) is 2. The van der Waals surface area contributed by atoms with Crippen LogP contribution in [-0.4, -0.2) is 37.6 Å². The first-order valence-electron chi connectivity index (χ1n) is 9.15. The molecular formula is C19H24ClN3O4S2. The van der Waals surface area contributed by atoms with E-state index in [1.807, 2.05) is 13.8 Å². The number of hydrogen-bond acceptors (Lipinski definition) is 5. The summed E-state index contributed by atoms with van der Waals surface area (Å²) < 4.78 is 26.6. The zero-order valence-electron chi connectivity index (χ0n) is 16.7. The van der Waals surface area contributed by atoms with Crippen LogP contribution < -0.4 is 10.9 Å². The molecule has 0 unspecified atom stereocenters. The Kier molecular flexibility index (Phi) is 7.81. The number of benzene rings is 1. The van der Waals surface area contributed by atoms with Crippen LogP contribution in [0, 0.1) is 6.92 Å². The van der Waals surface area contributed by atoms with Gasteiger partial charge in [-0.1, -0.05) is 32.4 Å². The third-order valence-electron chi connectivity index (χ3n) is 4.38. The SMILES string of the molecule is CCc1sc(C(=O)NNC(=O)c2cc(S(=O)(=O)N(CC)CC)ccc2Cl)cc1C. The summed E-state index contributed by atoms with van der Waals surface area (Å²) in [5.74, 6) is -1.15. The third-order valence-corrected chi connectivity index (χ3v) is 8.14. The number of halogens is 1. The van der Waals surface area contributed by atoms with E-state index in [1.54, 1.807) is 19.9 Å². The number of hydrogen-bond donors (Lipinski definition) is 2. The van der Waals surface area contributed by atoms with Crippen LogP contribution in [0.3, 0.4) is 0 Å². The van der Waals surface area contributed by atoms with Gasteiger partial charge in [0.25, 0.3) is 11.8 Å². The van der Waals surface area contributed by atoms with E-state index in [4.69, 9.17) is 11.6 Å². The molecule has 0 radical (unpaired) electrons. The second-order valence-electron chi connectivity index (χ2n) is 6.21. The van der Waals surface area contributed by atoms with Crippen LogP contribution >= 0.6 is 22.9 Å². The van der Waals surface area contributed by atoms with E-state index in [0.29, 0.717) is 18.0 Å². The standard InChI is InChI=1S/C19H24ClN3O4S2/c1-5-16-12(4)10-17(28-16)19(25)22-21-18(24)14-11-13(8-9-15(14)20)29(26,27)23(6-2)7-3/h8-11H,5-7H2,1-4H3,(H,21,24)(H,22,25). The monoisotopic (exact) mass is 457 g/mol. The van der Waals surface area contributed by atoms with Crippen molar-refractivity contribution in [3.63, 3.8) is 0 Å². The molecule has 0 bridgehead atoms. The van der Waals surface area contributed by atoms with Crippen molar-refractivity contribution in [1.82, 2.24) is 15.2 Å². The van der Waals surface area contributed by atoms with E-state index >= 15 is 0 Å². The summed E-state index contributed by atoms with van der Waals surface area (Å²) in [5, 5.41) is 0.0792. The number of amides is 2. The first kappa shape index (κ1) is 23.3. The van der Waals surface area contributed by atoms with Gasteiger partial charge in [-0.05, 0) is 43.2 Å². The molecule has 2 rings (SSSR count). The van der Waals surface area contributed by atoms with Crippen molar-refractivity contribution in [2.75, 3.05) is 13.1 Å². The molecule has 2 amide bonds. The maximum absolute atomic E-state index is 12.7. The first-order chi connectivity index (χ1) is 13.6. The highest BCUT2D eigenvalue weighted by molar-refractivity contribution is 7.89. The molecule has 0 aliphatic heterocycles. The number of thiophene rings is 1. The van der Waals surface area contributed by atoms with Gasteiger partial charge in [-0.15, -0.1) is 11.3 Å². The minimum absolute atomic E-state index is 0.0384. The lowest BCUT2D eigenvalue weighted by Gasteiger charge is -2.19. The molecule has 2 aromatic rings. The van der Waals surface area contributed by atoms with Gasteiger partial charge in [0.15, 0.2) is 0 Å². The van der Waals surface area contributed by atoms with Crippen molar-refractivity contribution < 1.29 is 18.0 Å². The van der Waals surface area contributed by atoms with E-state index in [1.165, 1.54) is 33.8 Å². The van der Waals surface area contributed by atoms with Gasteiger partial charge < -0.3 is 0 Å². The summed E-state index contributed by atoms with van der Waals surface area (Å²) in [6.07, 6.45) is 0.819. The molecule has 2 N–H and O–H groups in total. The fourth-order valence-electron chi connectivity index (χ4n) is 2.78. The van der Waals surface area contributed by atoms with E-state index < -0.39 is 21.8 Å². The lowest BCUT2D eigenvalue weighted by atomic mass is 10.2. The van der Waals surface area contributed by atoms with Crippen LogP contribution in [0.25, 0.3) is 0 Å². The number of nitrogens with zero attached hydrogens (tertiary/aromatic N) is 1. The molecule has 10 heteroatoms.